The summed E-state index contributed by atoms with van der Waals surface area (Å²) in [5, 5.41) is 11.3. The molecule has 1 aromatic heterocycles. The van der Waals surface area contributed by atoms with Gasteiger partial charge in [-0.3, -0.25) is 14.6 Å². The van der Waals surface area contributed by atoms with Gasteiger partial charge >= 0.3 is 12.1 Å². The highest BCUT2D eigenvalue weighted by molar-refractivity contribution is 5.87. The second kappa shape index (κ2) is 9.15. The normalized spacial score (nSPS) is 28.7. The molecule has 2 fully saturated rings. The summed E-state index contributed by atoms with van der Waals surface area (Å²) in [6.45, 7) is 1.36. The molecule has 6 rings (SSSR count). The topological polar surface area (TPSA) is 68.8 Å². The third kappa shape index (κ3) is 4.23. The lowest BCUT2D eigenvalue weighted by atomic mass is 9.79. The Labute approximate surface area is 213 Å². The van der Waals surface area contributed by atoms with E-state index < -0.39 is 17.8 Å². The van der Waals surface area contributed by atoms with Crippen LogP contribution in [0, 0.1) is 0 Å². The molecule has 0 saturated carbocycles. The summed E-state index contributed by atoms with van der Waals surface area (Å²) in [4.78, 5) is 21.2. The van der Waals surface area contributed by atoms with Gasteiger partial charge in [0.15, 0.2) is 0 Å². The highest BCUT2D eigenvalue weighted by atomic mass is 19.4. The number of rotatable bonds is 3. The van der Waals surface area contributed by atoms with Crippen LogP contribution in [-0.2, 0) is 22.1 Å². The van der Waals surface area contributed by atoms with Crippen molar-refractivity contribution in [1.29, 1.82) is 0 Å². The molecule has 37 heavy (non-hydrogen) atoms. The molecule has 0 unspecified atom stereocenters. The van der Waals surface area contributed by atoms with E-state index in [4.69, 9.17) is 4.74 Å². The monoisotopic (exact) mass is 513 g/mol. The maximum absolute atomic E-state index is 13.3. The van der Waals surface area contributed by atoms with E-state index in [1.54, 1.807) is 12.1 Å². The van der Waals surface area contributed by atoms with Crippen molar-refractivity contribution in [2.45, 2.75) is 62.1 Å². The number of esters is 1. The van der Waals surface area contributed by atoms with Gasteiger partial charge in [0.25, 0.3) is 0 Å². The van der Waals surface area contributed by atoms with Crippen LogP contribution >= 0.6 is 0 Å². The molecule has 0 bridgehead atoms. The lowest BCUT2D eigenvalue weighted by Gasteiger charge is -2.52. The fourth-order valence-corrected chi connectivity index (χ4v) is 6.74. The molecular formula is C28H30F3N3O3. The molecule has 9 heteroatoms. The Morgan fingerprint density at radius 3 is 2.49 bits per heavy atom. The van der Waals surface area contributed by atoms with Crippen LogP contribution in [0.3, 0.4) is 0 Å². The second-order valence-electron chi connectivity index (χ2n) is 10.5. The summed E-state index contributed by atoms with van der Waals surface area (Å²) < 4.78 is 45.2. The Morgan fingerprint density at radius 2 is 1.81 bits per heavy atom. The molecule has 2 aromatic carbocycles. The average Bonchev–Trinajstić information content (AvgIpc) is 3.50. The number of nitrogens with one attached hydrogen (secondary N) is 1. The van der Waals surface area contributed by atoms with Crippen LogP contribution in [0.25, 0.3) is 10.9 Å². The number of benzene rings is 2. The Bertz CT molecular complexity index is 1310. The van der Waals surface area contributed by atoms with Crippen LogP contribution < -0.4 is 0 Å². The smallest absolute Gasteiger partial charge is 0.416 e. The SMILES string of the molecule is COC(=O)[C@@H]1Cc2c([nH]c3ccccc23)[C@H]2C[C@@H](N3CC[C@@H](O)C3)C[C@@H](c3ccc(C(F)(F)F)cc3)N21. The number of alkyl halides is 3. The third-order valence-corrected chi connectivity index (χ3v) is 8.45. The number of methoxy groups -OCH3 is 1. The van der Waals surface area contributed by atoms with Crippen LogP contribution in [-0.4, -0.2) is 64.2 Å². The number of piperidine rings is 1. The molecule has 6 nitrogen and oxygen atoms in total. The van der Waals surface area contributed by atoms with E-state index in [0.717, 1.165) is 52.8 Å². The van der Waals surface area contributed by atoms with Gasteiger partial charge in [0.05, 0.1) is 24.8 Å². The fraction of sp³-hybridized carbons (Fsp3) is 0.464. The van der Waals surface area contributed by atoms with Crippen molar-refractivity contribution in [3.8, 4) is 0 Å². The number of fused-ring (bicyclic) bond motifs is 5. The van der Waals surface area contributed by atoms with Gasteiger partial charge in [0.1, 0.15) is 6.04 Å². The molecule has 4 heterocycles. The molecule has 0 amide bonds. The minimum atomic E-state index is -4.42. The average molecular weight is 514 g/mol. The summed E-state index contributed by atoms with van der Waals surface area (Å²) in [6, 6.07) is 12.5. The number of β-amino-alcohol motifs (C(OH)–C–C–N with tert-alkyl or cyclic N) is 1. The van der Waals surface area contributed by atoms with Crippen molar-refractivity contribution in [1.82, 2.24) is 14.8 Å². The first-order valence-corrected chi connectivity index (χ1v) is 12.8. The summed E-state index contributed by atoms with van der Waals surface area (Å²) in [7, 11) is 1.38. The number of hydrogen-bond acceptors (Lipinski definition) is 5. The standard InChI is InChI=1S/C28H30F3N3O3/c1-37-27(36)25-14-21-20-4-2-3-5-22(20)32-26(21)24-13-18(33-11-10-19(35)15-33)12-23(34(24)25)16-6-8-17(9-7-16)28(29,30)31/h2-9,18-19,23-25,32,35H,10-15H2,1H3/t18-,19+,23-,24+,25-/m0/s1. The second-order valence-corrected chi connectivity index (χ2v) is 10.5. The van der Waals surface area contributed by atoms with Crippen molar-refractivity contribution in [3.05, 3.63) is 70.9 Å². The van der Waals surface area contributed by atoms with Gasteiger partial charge in [-0.25, -0.2) is 0 Å². The van der Waals surface area contributed by atoms with Gasteiger partial charge in [0.2, 0.25) is 0 Å². The number of aromatic nitrogens is 1. The number of aromatic amines is 1. The highest BCUT2D eigenvalue weighted by Crippen LogP contribution is 2.50. The molecule has 196 valence electrons. The number of carbonyl (C=O) groups excluding carboxylic acids is 1. The van der Waals surface area contributed by atoms with Gasteiger partial charge in [-0.15, -0.1) is 0 Å². The number of ether oxygens (including phenoxy) is 1. The quantitative estimate of drug-likeness (QED) is 0.502. The lowest BCUT2D eigenvalue weighted by Crippen LogP contribution is -2.56. The van der Waals surface area contributed by atoms with E-state index in [1.165, 1.54) is 7.11 Å². The zero-order valence-corrected chi connectivity index (χ0v) is 20.5. The molecule has 3 aromatic rings. The first kappa shape index (κ1) is 24.5. The van der Waals surface area contributed by atoms with Crippen LogP contribution in [0.5, 0.6) is 0 Å². The van der Waals surface area contributed by atoms with Crippen LogP contribution in [0.2, 0.25) is 0 Å². The number of aliphatic hydroxyl groups is 1. The third-order valence-electron chi connectivity index (χ3n) is 8.45. The summed E-state index contributed by atoms with van der Waals surface area (Å²) in [6.07, 6.45) is -2.22. The van der Waals surface area contributed by atoms with Crippen LogP contribution in [0.4, 0.5) is 13.2 Å². The summed E-state index contributed by atoms with van der Waals surface area (Å²) in [5.74, 6) is -0.340. The maximum atomic E-state index is 13.3. The number of aliphatic hydroxyl groups excluding tert-OH is 1. The first-order valence-electron chi connectivity index (χ1n) is 12.8. The van der Waals surface area contributed by atoms with Gasteiger partial charge in [-0.1, -0.05) is 30.3 Å². The minimum Gasteiger partial charge on any atom is -0.468 e. The molecule has 2 saturated heterocycles. The van der Waals surface area contributed by atoms with Crippen LogP contribution in [0.1, 0.15) is 53.7 Å². The molecule has 2 N–H and O–H groups in total. The Balaban J connectivity index is 1.47. The van der Waals surface area contributed by atoms with Gasteiger partial charge < -0.3 is 14.8 Å². The molecule has 3 aliphatic heterocycles. The molecule has 0 radical (unpaired) electrons. The maximum Gasteiger partial charge on any atom is 0.416 e. The Morgan fingerprint density at radius 1 is 1.08 bits per heavy atom. The van der Waals surface area contributed by atoms with E-state index in [2.05, 4.69) is 20.9 Å². The molecular weight excluding hydrogens is 483 g/mol. The van der Waals surface area contributed by atoms with Crippen molar-refractivity contribution in [2.24, 2.45) is 0 Å². The van der Waals surface area contributed by atoms with E-state index in [9.17, 15) is 23.1 Å². The molecule has 0 aliphatic carbocycles. The lowest BCUT2D eigenvalue weighted by molar-refractivity contribution is -0.152. The number of halogens is 3. The van der Waals surface area contributed by atoms with Crippen molar-refractivity contribution in [2.75, 3.05) is 20.2 Å². The predicted octanol–water partition coefficient (Wildman–Crippen LogP) is 4.60. The van der Waals surface area contributed by atoms with E-state index in [0.29, 0.717) is 25.8 Å². The number of para-hydroxylation sites is 1. The number of carbonyl (C=O) groups is 1. The van der Waals surface area contributed by atoms with E-state index in [-0.39, 0.29) is 30.2 Å². The van der Waals surface area contributed by atoms with Gasteiger partial charge in [-0.05, 0) is 48.6 Å². The minimum absolute atomic E-state index is 0.112. The summed E-state index contributed by atoms with van der Waals surface area (Å²) in [5.41, 5.74) is 3.21. The van der Waals surface area contributed by atoms with Crippen LogP contribution in [0.15, 0.2) is 48.5 Å². The zero-order chi connectivity index (χ0) is 25.9. The van der Waals surface area contributed by atoms with E-state index in [1.807, 2.05) is 18.2 Å². The number of H-pyrrole nitrogens is 1. The predicted molar refractivity (Wildman–Crippen MR) is 132 cm³/mol. The largest absolute Gasteiger partial charge is 0.468 e. The summed E-state index contributed by atoms with van der Waals surface area (Å²) >= 11 is 0. The number of likely N-dealkylation sites (tertiary alicyclic amines) is 1. The Hall–Kier alpha value is -2.88. The van der Waals surface area contributed by atoms with Crippen molar-refractivity contribution in [3.63, 3.8) is 0 Å². The van der Waals surface area contributed by atoms with Gasteiger partial charge in [-0.2, -0.15) is 13.2 Å². The molecule has 3 aliphatic rings. The first-order chi connectivity index (χ1) is 17.7. The van der Waals surface area contributed by atoms with E-state index >= 15 is 0 Å². The zero-order valence-electron chi connectivity index (χ0n) is 20.5. The highest BCUT2D eigenvalue weighted by Gasteiger charge is 2.49. The Kier molecular flexibility index (Phi) is 6.05. The van der Waals surface area contributed by atoms with Gasteiger partial charge in [0, 0.05) is 48.2 Å². The number of hydrogen-bond donors (Lipinski definition) is 2. The number of nitrogens with zero attached hydrogens (tertiary/aromatic N) is 2. The van der Waals surface area contributed by atoms with Crippen molar-refractivity contribution >= 4 is 16.9 Å². The molecule has 0 spiro atoms. The molecule has 5 atom stereocenters. The van der Waals surface area contributed by atoms with Crippen molar-refractivity contribution < 1.29 is 27.8 Å². The fourth-order valence-electron chi connectivity index (χ4n) is 6.74.